The smallest absolute Gasteiger partial charge is 0.153 e. The van der Waals surface area contributed by atoms with Crippen molar-refractivity contribution in [2.75, 3.05) is 11.7 Å². The monoisotopic (exact) mass is 302 g/mol. The minimum atomic E-state index is 0.694. The van der Waals surface area contributed by atoms with Crippen LogP contribution in [0.25, 0.3) is 21.3 Å². The van der Waals surface area contributed by atoms with Crippen LogP contribution in [0.5, 0.6) is 0 Å². The molecule has 0 radical (unpaired) electrons. The fourth-order valence-electron chi connectivity index (χ4n) is 2.11. The Hall–Kier alpha value is -1.63. The summed E-state index contributed by atoms with van der Waals surface area (Å²) < 4.78 is 0. The summed E-state index contributed by atoms with van der Waals surface area (Å²) in [5.41, 5.74) is 4.98. The van der Waals surface area contributed by atoms with Gasteiger partial charge in [0, 0.05) is 10.9 Å². The van der Waals surface area contributed by atoms with Gasteiger partial charge in [0.25, 0.3) is 0 Å². The molecule has 0 aliphatic carbocycles. The van der Waals surface area contributed by atoms with E-state index in [0.717, 1.165) is 32.9 Å². The van der Waals surface area contributed by atoms with Crippen LogP contribution < -0.4 is 11.3 Å². The van der Waals surface area contributed by atoms with Gasteiger partial charge >= 0.3 is 0 Å². The largest absolute Gasteiger partial charge is 0.308 e. The fraction of sp³-hybridized carbons (Fsp3) is 0.143. The van der Waals surface area contributed by atoms with Crippen molar-refractivity contribution >= 4 is 39.1 Å². The van der Waals surface area contributed by atoms with Gasteiger partial charge in [-0.2, -0.15) is 11.8 Å². The lowest BCUT2D eigenvalue weighted by Gasteiger charge is -2.06. The van der Waals surface area contributed by atoms with E-state index in [0.29, 0.717) is 5.82 Å². The molecule has 0 bridgehead atoms. The fourth-order valence-corrected chi connectivity index (χ4v) is 3.47. The average Bonchev–Trinajstić information content (AvgIpc) is 2.91. The second-order valence-corrected chi connectivity index (χ2v) is 5.99. The third-order valence-corrected chi connectivity index (χ3v) is 4.39. The van der Waals surface area contributed by atoms with Crippen molar-refractivity contribution in [3.63, 3.8) is 0 Å². The van der Waals surface area contributed by atoms with E-state index in [9.17, 15) is 0 Å². The molecule has 3 N–H and O–H groups in total. The van der Waals surface area contributed by atoms with Crippen molar-refractivity contribution in [2.24, 2.45) is 5.84 Å². The van der Waals surface area contributed by atoms with Crippen molar-refractivity contribution in [2.45, 2.75) is 5.75 Å². The molecular formula is C14H14N4S2. The molecule has 0 saturated heterocycles. The molecular weight excluding hydrogens is 288 g/mol. The maximum Gasteiger partial charge on any atom is 0.153 e. The highest BCUT2D eigenvalue weighted by molar-refractivity contribution is 7.97. The number of thioether (sulfide) groups is 1. The highest BCUT2D eigenvalue weighted by atomic mass is 32.2. The van der Waals surface area contributed by atoms with Crippen LogP contribution in [0, 0.1) is 0 Å². The quantitative estimate of drug-likeness (QED) is 0.570. The molecule has 4 nitrogen and oxygen atoms in total. The molecule has 0 aliphatic rings. The predicted octanol–water partition coefficient (Wildman–Crippen LogP) is 3.51. The predicted molar refractivity (Wildman–Crippen MR) is 87.9 cm³/mol. The molecule has 102 valence electrons. The molecule has 20 heavy (non-hydrogen) atoms. The molecule has 1 aromatic carbocycles. The molecule has 2 aromatic heterocycles. The van der Waals surface area contributed by atoms with Gasteiger partial charge in [-0.3, -0.25) is 0 Å². The number of aromatic nitrogens is 2. The summed E-state index contributed by atoms with van der Waals surface area (Å²) in [6.07, 6.45) is 2.03. The van der Waals surface area contributed by atoms with Gasteiger partial charge in [-0.05, 0) is 11.8 Å². The first-order chi connectivity index (χ1) is 9.83. The van der Waals surface area contributed by atoms with Crippen LogP contribution in [0.1, 0.15) is 5.82 Å². The minimum Gasteiger partial charge on any atom is -0.308 e. The summed E-state index contributed by atoms with van der Waals surface area (Å²) in [6, 6.07) is 10.2. The van der Waals surface area contributed by atoms with E-state index in [1.807, 2.05) is 24.5 Å². The number of hydrogen-bond acceptors (Lipinski definition) is 6. The first-order valence-corrected chi connectivity index (χ1v) is 8.40. The van der Waals surface area contributed by atoms with Gasteiger partial charge in [0.15, 0.2) is 5.82 Å². The van der Waals surface area contributed by atoms with Crippen molar-refractivity contribution < 1.29 is 0 Å². The minimum absolute atomic E-state index is 0.694. The Kier molecular flexibility index (Phi) is 3.86. The normalized spacial score (nSPS) is 10.9. The van der Waals surface area contributed by atoms with E-state index in [-0.39, 0.29) is 0 Å². The maximum atomic E-state index is 5.64. The number of nitrogens with zero attached hydrogens (tertiary/aromatic N) is 2. The molecule has 2 heterocycles. The van der Waals surface area contributed by atoms with Gasteiger partial charge in [-0.1, -0.05) is 30.3 Å². The number of hydrogen-bond donors (Lipinski definition) is 2. The van der Waals surface area contributed by atoms with Gasteiger partial charge in [0.2, 0.25) is 0 Å². The summed E-state index contributed by atoms with van der Waals surface area (Å²) >= 11 is 3.32. The zero-order valence-corrected chi connectivity index (χ0v) is 12.6. The first-order valence-electron chi connectivity index (χ1n) is 6.12. The van der Waals surface area contributed by atoms with E-state index < -0.39 is 0 Å². The van der Waals surface area contributed by atoms with E-state index in [4.69, 9.17) is 5.84 Å². The summed E-state index contributed by atoms with van der Waals surface area (Å²) in [6.45, 7) is 0. The second kappa shape index (κ2) is 5.78. The van der Waals surface area contributed by atoms with Crippen LogP contribution in [0.2, 0.25) is 0 Å². The molecule has 3 aromatic rings. The highest BCUT2D eigenvalue weighted by Crippen LogP contribution is 2.36. The topological polar surface area (TPSA) is 63.8 Å². The zero-order valence-electron chi connectivity index (χ0n) is 11.0. The van der Waals surface area contributed by atoms with Gasteiger partial charge in [0.05, 0.1) is 11.1 Å². The zero-order chi connectivity index (χ0) is 13.9. The first kappa shape index (κ1) is 13.4. The second-order valence-electron chi connectivity index (χ2n) is 4.26. The number of fused-ring (bicyclic) bond motifs is 1. The molecule has 0 saturated carbocycles. The van der Waals surface area contributed by atoms with E-state index in [1.165, 1.54) is 0 Å². The molecule has 0 amide bonds. The van der Waals surface area contributed by atoms with Crippen molar-refractivity contribution in [3.05, 3.63) is 41.5 Å². The summed E-state index contributed by atoms with van der Waals surface area (Å²) in [5, 5.41) is 3.10. The molecule has 0 aliphatic heterocycles. The molecule has 0 spiro atoms. The van der Waals surface area contributed by atoms with Crippen molar-refractivity contribution in [1.82, 2.24) is 9.97 Å². The Morgan fingerprint density at radius 1 is 1.25 bits per heavy atom. The lowest BCUT2D eigenvalue weighted by atomic mass is 10.1. The van der Waals surface area contributed by atoms with Crippen LogP contribution >= 0.6 is 23.1 Å². The average molecular weight is 302 g/mol. The SMILES string of the molecule is CSCc1nc(NN)c2c(-c3ccccc3)csc2n1. The Morgan fingerprint density at radius 3 is 2.75 bits per heavy atom. The Labute approximate surface area is 125 Å². The molecule has 0 unspecified atom stereocenters. The van der Waals surface area contributed by atoms with E-state index >= 15 is 0 Å². The summed E-state index contributed by atoms with van der Waals surface area (Å²) in [4.78, 5) is 10.1. The standard InChI is InChI=1S/C14H14N4S2/c1-19-8-11-16-13(18-15)12-10(7-20-14(12)17-11)9-5-3-2-4-6-9/h2-7H,8,15H2,1H3,(H,16,17,18). The molecule has 0 fully saturated rings. The summed E-state index contributed by atoms with van der Waals surface area (Å²) in [5.74, 6) is 7.92. The molecule has 0 atom stereocenters. The van der Waals surface area contributed by atoms with Crippen LogP contribution in [-0.4, -0.2) is 16.2 Å². The lowest BCUT2D eigenvalue weighted by Crippen LogP contribution is -2.10. The van der Waals surface area contributed by atoms with Gasteiger partial charge < -0.3 is 5.43 Å². The third kappa shape index (κ3) is 2.37. The number of nitrogen functional groups attached to an aromatic ring is 1. The van der Waals surface area contributed by atoms with Crippen molar-refractivity contribution in [1.29, 1.82) is 0 Å². The number of nitrogens with one attached hydrogen (secondary N) is 1. The third-order valence-electron chi connectivity index (χ3n) is 2.97. The van der Waals surface area contributed by atoms with Crippen molar-refractivity contribution in [3.8, 4) is 11.1 Å². The maximum absolute atomic E-state index is 5.64. The number of anilines is 1. The molecule has 3 rings (SSSR count). The van der Waals surface area contributed by atoms with Gasteiger partial charge in [0.1, 0.15) is 10.7 Å². The number of hydrazine groups is 1. The number of rotatable bonds is 4. The Bertz CT molecular complexity index is 725. The Balaban J connectivity index is 2.21. The summed E-state index contributed by atoms with van der Waals surface area (Å²) in [7, 11) is 0. The van der Waals surface area contributed by atoms with Crippen LogP contribution in [0.15, 0.2) is 35.7 Å². The van der Waals surface area contributed by atoms with Crippen LogP contribution in [0.4, 0.5) is 5.82 Å². The number of benzene rings is 1. The Morgan fingerprint density at radius 2 is 2.05 bits per heavy atom. The van der Waals surface area contributed by atoms with Gasteiger partial charge in [-0.15, -0.1) is 11.3 Å². The molecule has 6 heteroatoms. The lowest BCUT2D eigenvalue weighted by molar-refractivity contribution is 1.07. The highest BCUT2D eigenvalue weighted by Gasteiger charge is 2.14. The van der Waals surface area contributed by atoms with E-state index in [2.05, 4.69) is 32.9 Å². The van der Waals surface area contributed by atoms with Crippen LogP contribution in [0.3, 0.4) is 0 Å². The van der Waals surface area contributed by atoms with Gasteiger partial charge in [-0.25, -0.2) is 15.8 Å². The number of nitrogens with two attached hydrogens (primary N) is 1. The van der Waals surface area contributed by atoms with E-state index in [1.54, 1.807) is 23.1 Å². The number of thiophene rings is 1. The van der Waals surface area contributed by atoms with Crippen LogP contribution in [-0.2, 0) is 5.75 Å².